The Balaban J connectivity index is 1.39. The van der Waals surface area contributed by atoms with Crippen LogP contribution in [-0.4, -0.2) is 62.2 Å². The molecule has 5 nitrogen and oxygen atoms in total. The molecule has 2 aliphatic rings. The Morgan fingerprint density at radius 1 is 1.11 bits per heavy atom. The van der Waals surface area contributed by atoms with E-state index in [0.717, 1.165) is 18.2 Å². The average molecular weight is 393 g/mol. The second-order valence-electron chi connectivity index (χ2n) is 7.49. The predicted octanol–water partition coefficient (Wildman–Crippen LogP) is 2.97. The molecule has 1 amide bonds. The largest absolute Gasteiger partial charge is 0.493 e. The molecule has 0 spiro atoms. The first-order valence-electron chi connectivity index (χ1n) is 9.99. The van der Waals surface area contributed by atoms with Gasteiger partial charge >= 0.3 is 0 Å². The van der Waals surface area contributed by atoms with Gasteiger partial charge in [0.1, 0.15) is 0 Å². The second-order valence-corrected chi connectivity index (χ2v) is 8.72. The number of nitrogens with one attached hydrogen (secondary N) is 1. The van der Waals surface area contributed by atoms with Crippen LogP contribution < -0.4 is 14.8 Å². The van der Waals surface area contributed by atoms with Crippen LogP contribution in [0.2, 0.25) is 0 Å². The van der Waals surface area contributed by atoms with Gasteiger partial charge in [-0.2, -0.15) is 11.8 Å². The van der Waals surface area contributed by atoms with E-state index in [-0.39, 0.29) is 5.91 Å². The molecule has 3 rings (SSSR count). The number of carbonyl (C=O) groups excluding carboxylic acids is 1. The summed E-state index contributed by atoms with van der Waals surface area (Å²) in [5.41, 5.74) is 0.940. The van der Waals surface area contributed by atoms with Crippen molar-refractivity contribution in [2.24, 2.45) is 5.92 Å². The van der Waals surface area contributed by atoms with Crippen molar-refractivity contribution >= 4 is 17.7 Å². The maximum absolute atomic E-state index is 12.3. The highest BCUT2D eigenvalue weighted by Crippen LogP contribution is 2.28. The third-order valence-electron chi connectivity index (χ3n) is 5.76. The number of hydrogen-bond acceptors (Lipinski definition) is 5. The first kappa shape index (κ1) is 20.3. The molecule has 1 aromatic rings. The normalized spacial score (nSPS) is 19.6. The number of thioether (sulfide) groups is 1. The van der Waals surface area contributed by atoms with Crippen molar-refractivity contribution in [2.75, 3.05) is 45.4 Å². The fraction of sp³-hybridized carbons (Fsp3) is 0.667. The van der Waals surface area contributed by atoms with Crippen molar-refractivity contribution in [3.8, 4) is 11.5 Å². The van der Waals surface area contributed by atoms with E-state index >= 15 is 0 Å². The van der Waals surface area contributed by atoms with Crippen molar-refractivity contribution in [3.05, 3.63) is 23.8 Å². The zero-order valence-corrected chi connectivity index (χ0v) is 17.4. The van der Waals surface area contributed by atoms with E-state index in [4.69, 9.17) is 9.47 Å². The Bertz CT molecular complexity index is 611. The molecule has 2 fully saturated rings. The van der Waals surface area contributed by atoms with Crippen molar-refractivity contribution in [2.45, 2.75) is 38.1 Å². The summed E-state index contributed by atoms with van der Waals surface area (Å²) in [5.74, 6) is 4.66. The number of likely N-dealkylation sites (tertiary alicyclic amines) is 1. The van der Waals surface area contributed by atoms with Crippen molar-refractivity contribution < 1.29 is 14.3 Å². The molecular formula is C21H32N2O3S. The molecule has 0 bridgehead atoms. The highest BCUT2D eigenvalue weighted by molar-refractivity contribution is 7.99. The van der Waals surface area contributed by atoms with Gasteiger partial charge in [0.25, 0.3) is 0 Å². The van der Waals surface area contributed by atoms with E-state index in [9.17, 15) is 4.79 Å². The van der Waals surface area contributed by atoms with Gasteiger partial charge in [0, 0.05) is 12.6 Å². The van der Waals surface area contributed by atoms with Gasteiger partial charge in [-0.05, 0) is 73.9 Å². The number of nitrogens with zero attached hydrogens (tertiary/aromatic N) is 1. The molecule has 0 saturated carbocycles. The van der Waals surface area contributed by atoms with Gasteiger partial charge < -0.3 is 19.7 Å². The monoisotopic (exact) mass is 392 g/mol. The quantitative estimate of drug-likeness (QED) is 0.773. The predicted molar refractivity (Wildman–Crippen MR) is 111 cm³/mol. The SMILES string of the molecule is COc1ccc(CC(=O)NCC2CCN(C3CCSCC3)CC2)cc1OC. The van der Waals surface area contributed by atoms with Crippen LogP contribution in [0, 0.1) is 5.92 Å². The van der Waals surface area contributed by atoms with Crippen LogP contribution in [0.5, 0.6) is 11.5 Å². The van der Waals surface area contributed by atoms with Crippen LogP contribution in [0.4, 0.5) is 0 Å². The molecule has 2 heterocycles. The van der Waals surface area contributed by atoms with Gasteiger partial charge in [0.05, 0.1) is 20.6 Å². The number of amides is 1. The lowest BCUT2D eigenvalue weighted by molar-refractivity contribution is -0.120. The maximum atomic E-state index is 12.3. The first-order valence-corrected chi connectivity index (χ1v) is 11.1. The number of hydrogen-bond donors (Lipinski definition) is 1. The van der Waals surface area contributed by atoms with Gasteiger partial charge in [-0.15, -0.1) is 0 Å². The topological polar surface area (TPSA) is 50.8 Å². The van der Waals surface area contributed by atoms with Gasteiger partial charge in [-0.3, -0.25) is 4.79 Å². The minimum absolute atomic E-state index is 0.0777. The van der Waals surface area contributed by atoms with Crippen molar-refractivity contribution in [1.82, 2.24) is 10.2 Å². The highest BCUT2D eigenvalue weighted by atomic mass is 32.2. The van der Waals surface area contributed by atoms with Crippen LogP contribution in [0.25, 0.3) is 0 Å². The lowest BCUT2D eigenvalue weighted by Crippen LogP contribution is -2.45. The van der Waals surface area contributed by atoms with E-state index < -0.39 is 0 Å². The Labute approximate surface area is 167 Å². The summed E-state index contributed by atoms with van der Waals surface area (Å²) in [4.78, 5) is 15.0. The molecule has 0 aliphatic carbocycles. The molecule has 1 aromatic carbocycles. The van der Waals surface area contributed by atoms with Crippen LogP contribution in [0.15, 0.2) is 18.2 Å². The highest BCUT2D eigenvalue weighted by Gasteiger charge is 2.26. The Kier molecular flexibility index (Phi) is 7.70. The summed E-state index contributed by atoms with van der Waals surface area (Å²) in [6.45, 7) is 3.16. The van der Waals surface area contributed by atoms with E-state index in [1.165, 1.54) is 50.3 Å². The molecular weight excluding hydrogens is 360 g/mol. The van der Waals surface area contributed by atoms with E-state index in [1.807, 2.05) is 18.2 Å². The lowest BCUT2D eigenvalue weighted by Gasteiger charge is -2.39. The minimum atomic E-state index is 0.0777. The fourth-order valence-electron chi connectivity index (χ4n) is 4.07. The van der Waals surface area contributed by atoms with Gasteiger partial charge in [-0.1, -0.05) is 6.07 Å². The second kappa shape index (κ2) is 10.2. The Hall–Kier alpha value is -1.40. The number of ether oxygens (including phenoxy) is 2. The molecule has 0 atom stereocenters. The van der Waals surface area contributed by atoms with Crippen molar-refractivity contribution in [1.29, 1.82) is 0 Å². The average Bonchev–Trinajstić information content (AvgIpc) is 2.73. The van der Waals surface area contributed by atoms with Gasteiger partial charge in [-0.25, -0.2) is 0 Å². The summed E-state index contributed by atoms with van der Waals surface area (Å²) in [5, 5.41) is 3.13. The zero-order valence-electron chi connectivity index (χ0n) is 16.5. The van der Waals surface area contributed by atoms with Crippen LogP contribution >= 0.6 is 11.8 Å². The molecule has 2 aliphatic heterocycles. The number of methoxy groups -OCH3 is 2. The fourth-order valence-corrected chi connectivity index (χ4v) is 5.15. The van der Waals surface area contributed by atoms with E-state index in [2.05, 4.69) is 22.0 Å². The van der Waals surface area contributed by atoms with E-state index in [0.29, 0.717) is 23.8 Å². The summed E-state index contributed by atoms with van der Waals surface area (Å²) in [6, 6.07) is 6.44. The Morgan fingerprint density at radius 2 is 1.81 bits per heavy atom. The molecule has 27 heavy (non-hydrogen) atoms. The molecule has 1 N–H and O–H groups in total. The number of rotatable bonds is 7. The number of carbonyl (C=O) groups is 1. The summed E-state index contributed by atoms with van der Waals surface area (Å²) in [7, 11) is 3.23. The molecule has 0 radical (unpaired) electrons. The Morgan fingerprint density at radius 3 is 2.48 bits per heavy atom. The molecule has 0 unspecified atom stereocenters. The molecule has 2 saturated heterocycles. The lowest BCUT2D eigenvalue weighted by atomic mass is 9.94. The molecule has 6 heteroatoms. The molecule has 0 aromatic heterocycles. The van der Waals surface area contributed by atoms with Crippen LogP contribution in [0.3, 0.4) is 0 Å². The van der Waals surface area contributed by atoms with E-state index in [1.54, 1.807) is 14.2 Å². The minimum Gasteiger partial charge on any atom is -0.493 e. The molecule has 150 valence electrons. The summed E-state index contributed by atoms with van der Waals surface area (Å²) < 4.78 is 10.6. The third kappa shape index (κ3) is 5.79. The third-order valence-corrected chi connectivity index (χ3v) is 6.81. The van der Waals surface area contributed by atoms with Gasteiger partial charge in [0.15, 0.2) is 11.5 Å². The number of piperidine rings is 1. The smallest absolute Gasteiger partial charge is 0.224 e. The van der Waals surface area contributed by atoms with Crippen LogP contribution in [-0.2, 0) is 11.2 Å². The van der Waals surface area contributed by atoms with Crippen molar-refractivity contribution in [3.63, 3.8) is 0 Å². The summed E-state index contributed by atoms with van der Waals surface area (Å²) >= 11 is 2.09. The van der Waals surface area contributed by atoms with Crippen LogP contribution in [0.1, 0.15) is 31.2 Å². The standard InChI is InChI=1S/C21H32N2O3S/c1-25-19-4-3-17(13-20(19)26-2)14-21(24)22-15-16-5-9-23(10-6-16)18-7-11-27-12-8-18/h3-4,13,16,18H,5-12,14-15H2,1-2H3,(H,22,24). The van der Waals surface area contributed by atoms with Gasteiger partial charge in [0.2, 0.25) is 5.91 Å². The maximum Gasteiger partial charge on any atom is 0.224 e. The number of benzene rings is 1. The zero-order chi connectivity index (χ0) is 19.1. The summed E-state index contributed by atoms with van der Waals surface area (Å²) in [6.07, 6.45) is 5.45. The first-order chi connectivity index (χ1) is 13.2.